The van der Waals surface area contributed by atoms with E-state index in [1.165, 1.54) is 29.3 Å². The molecule has 0 atom stereocenters. The molecule has 2 aromatic carbocycles. The molecule has 152 valence electrons. The van der Waals surface area contributed by atoms with Crippen molar-refractivity contribution in [1.82, 2.24) is 9.88 Å². The molecular weight excluding hydrogens is 365 g/mol. The third kappa shape index (κ3) is 3.97. The van der Waals surface area contributed by atoms with Crippen LogP contribution in [0.3, 0.4) is 0 Å². The van der Waals surface area contributed by atoms with Gasteiger partial charge >= 0.3 is 0 Å². The van der Waals surface area contributed by atoms with Crippen molar-refractivity contribution >= 4 is 16.6 Å². The van der Waals surface area contributed by atoms with E-state index < -0.39 is 0 Å². The second-order valence-electron chi connectivity index (χ2n) is 8.18. The molecule has 2 aliphatic rings. The van der Waals surface area contributed by atoms with Crippen LogP contribution in [0, 0.1) is 5.82 Å². The van der Waals surface area contributed by atoms with Crippen molar-refractivity contribution in [2.45, 2.75) is 25.7 Å². The highest BCUT2D eigenvalue weighted by molar-refractivity contribution is 5.83. The number of H-pyrrole nitrogens is 1. The molecule has 3 heterocycles. The van der Waals surface area contributed by atoms with Gasteiger partial charge in [-0.3, -0.25) is 4.90 Å². The molecule has 5 heteroatoms. The van der Waals surface area contributed by atoms with E-state index in [1.54, 1.807) is 6.07 Å². The van der Waals surface area contributed by atoms with Crippen LogP contribution in [0.1, 0.15) is 24.0 Å². The van der Waals surface area contributed by atoms with Crippen LogP contribution in [0.2, 0.25) is 0 Å². The number of unbranched alkanes of at least 4 members (excludes halogenated alkanes) is 1. The van der Waals surface area contributed by atoms with Crippen LogP contribution in [0.4, 0.5) is 10.1 Å². The Morgan fingerprint density at radius 1 is 1.00 bits per heavy atom. The summed E-state index contributed by atoms with van der Waals surface area (Å²) in [7, 11) is 0. The van der Waals surface area contributed by atoms with Gasteiger partial charge in [0.2, 0.25) is 0 Å². The van der Waals surface area contributed by atoms with Crippen molar-refractivity contribution in [3.8, 4) is 5.75 Å². The second-order valence-corrected chi connectivity index (χ2v) is 8.18. The fraction of sp³-hybridized carbons (Fsp3) is 0.417. The zero-order chi connectivity index (χ0) is 19.6. The standard InChI is InChI=1S/C24H28FN3O/c25-20-4-6-23-22(16-20)19(17-26-23)3-1-2-9-27-10-12-28(13-11-27)21-5-7-24-18(15-21)8-14-29-24/h4-7,15-17,26H,1-3,8-14H2. The number of benzene rings is 2. The number of nitrogens with zero attached hydrogens (tertiary/aromatic N) is 2. The monoisotopic (exact) mass is 393 g/mol. The summed E-state index contributed by atoms with van der Waals surface area (Å²) in [6.07, 6.45) is 6.38. The molecule has 0 unspecified atom stereocenters. The van der Waals surface area contributed by atoms with Crippen LogP contribution in [0.25, 0.3) is 10.9 Å². The quantitative estimate of drug-likeness (QED) is 0.631. The summed E-state index contributed by atoms with van der Waals surface area (Å²) in [5.41, 5.74) is 4.93. The minimum absolute atomic E-state index is 0.160. The number of nitrogens with one attached hydrogen (secondary N) is 1. The van der Waals surface area contributed by atoms with E-state index in [2.05, 4.69) is 33.0 Å². The molecule has 1 fully saturated rings. The number of aromatic nitrogens is 1. The van der Waals surface area contributed by atoms with Crippen LogP contribution < -0.4 is 9.64 Å². The predicted molar refractivity (Wildman–Crippen MR) is 115 cm³/mol. The Morgan fingerprint density at radius 2 is 1.90 bits per heavy atom. The lowest BCUT2D eigenvalue weighted by molar-refractivity contribution is 0.253. The summed E-state index contributed by atoms with van der Waals surface area (Å²) in [6.45, 7) is 6.36. The fourth-order valence-corrected chi connectivity index (χ4v) is 4.61. The molecule has 0 saturated carbocycles. The highest BCUT2D eigenvalue weighted by Crippen LogP contribution is 2.30. The predicted octanol–water partition coefficient (Wildman–Crippen LogP) is 4.39. The third-order valence-electron chi connectivity index (χ3n) is 6.31. The van der Waals surface area contributed by atoms with E-state index >= 15 is 0 Å². The maximum Gasteiger partial charge on any atom is 0.123 e. The van der Waals surface area contributed by atoms with Crippen LogP contribution >= 0.6 is 0 Å². The van der Waals surface area contributed by atoms with E-state index in [0.29, 0.717) is 0 Å². The Kier molecular flexibility index (Phi) is 5.15. The van der Waals surface area contributed by atoms with E-state index in [9.17, 15) is 4.39 Å². The molecule has 1 aromatic heterocycles. The average Bonchev–Trinajstić information content (AvgIpc) is 3.38. The lowest BCUT2D eigenvalue weighted by Crippen LogP contribution is -2.46. The number of ether oxygens (including phenoxy) is 1. The number of fused-ring (bicyclic) bond motifs is 2. The van der Waals surface area contributed by atoms with Crippen molar-refractivity contribution in [3.63, 3.8) is 0 Å². The summed E-state index contributed by atoms with van der Waals surface area (Å²) in [5, 5.41) is 1.03. The Morgan fingerprint density at radius 3 is 2.79 bits per heavy atom. The molecule has 0 aliphatic carbocycles. The molecule has 4 nitrogen and oxygen atoms in total. The second kappa shape index (κ2) is 8.07. The minimum atomic E-state index is -0.160. The summed E-state index contributed by atoms with van der Waals surface area (Å²) >= 11 is 0. The summed E-state index contributed by atoms with van der Waals surface area (Å²) in [6, 6.07) is 11.6. The van der Waals surface area contributed by atoms with Crippen LogP contribution in [0.15, 0.2) is 42.6 Å². The number of aromatic amines is 1. The van der Waals surface area contributed by atoms with Crippen molar-refractivity contribution in [2.24, 2.45) is 0 Å². The number of halogens is 1. The first-order chi connectivity index (χ1) is 14.3. The zero-order valence-corrected chi connectivity index (χ0v) is 16.8. The zero-order valence-electron chi connectivity index (χ0n) is 16.8. The Balaban J connectivity index is 1.08. The van der Waals surface area contributed by atoms with Crippen LogP contribution in [0.5, 0.6) is 5.75 Å². The first kappa shape index (κ1) is 18.5. The average molecular weight is 394 g/mol. The van der Waals surface area contributed by atoms with Gasteiger partial charge in [0.05, 0.1) is 6.61 Å². The molecule has 0 bridgehead atoms. The third-order valence-corrected chi connectivity index (χ3v) is 6.31. The molecule has 2 aliphatic heterocycles. The Labute approximate surface area is 171 Å². The summed E-state index contributed by atoms with van der Waals surface area (Å²) in [5.74, 6) is 0.900. The molecule has 0 radical (unpaired) electrons. The Bertz CT molecular complexity index is 991. The van der Waals surface area contributed by atoms with E-state index in [-0.39, 0.29) is 5.82 Å². The Hall–Kier alpha value is -2.53. The largest absolute Gasteiger partial charge is 0.493 e. The van der Waals surface area contributed by atoms with Gasteiger partial charge in [-0.15, -0.1) is 0 Å². The number of hydrogen-bond acceptors (Lipinski definition) is 3. The first-order valence-electron chi connectivity index (χ1n) is 10.7. The van der Waals surface area contributed by atoms with Gasteiger partial charge in [0, 0.05) is 55.4 Å². The first-order valence-corrected chi connectivity index (χ1v) is 10.7. The summed E-state index contributed by atoms with van der Waals surface area (Å²) < 4.78 is 19.1. The van der Waals surface area contributed by atoms with Gasteiger partial charge in [-0.05, 0) is 73.3 Å². The number of anilines is 1. The molecule has 5 rings (SSSR count). The highest BCUT2D eigenvalue weighted by Gasteiger charge is 2.19. The topological polar surface area (TPSA) is 31.5 Å². The van der Waals surface area contributed by atoms with Gasteiger partial charge in [0.1, 0.15) is 11.6 Å². The summed E-state index contributed by atoms with van der Waals surface area (Å²) in [4.78, 5) is 8.32. The number of aryl methyl sites for hydroxylation is 1. The SMILES string of the molecule is Fc1ccc2[nH]cc(CCCCN3CCN(c4ccc5c(c4)CCO5)CC3)c2c1. The molecule has 1 N–H and O–H groups in total. The van der Waals surface area contributed by atoms with Gasteiger partial charge in [-0.25, -0.2) is 4.39 Å². The van der Waals surface area contributed by atoms with Gasteiger partial charge in [0.15, 0.2) is 0 Å². The van der Waals surface area contributed by atoms with Gasteiger partial charge in [0.25, 0.3) is 0 Å². The number of rotatable bonds is 6. The molecule has 0 amide bonds. The van der Waals surface area contributed by atoms with Gasteiger partial charge in [-0.1, -0.05) is 0 Å². The molecule has 3 aromatic rings. The minimum Gasteiger partial charge on any atom is -0.493 e. The van der Waals surface area contributed by atoms with E-state index in [4.69, 9.17) is 4.74 Å². The highest BCUT2D eigenvalue weighted by atomic mass is 19.1. The van der Waals surface area contributed by atoms with Crippen molar-refractivity contribution in [3.05, 3.63) is 59.5 Å². The van der Waals surface area contributed by atoms with Crippen molar-refractivity contribution in [2.75, 3.05) is 44.2 Å². The van der Waals surface area contributed by atoms with Crippen LogP contribution in [-0.2, 0) is 12.8 Å². The van der Waals surface area contributed by atoms with E-state index in [1.807, 2.05) is 12.3 Å². The van der Waals surface area contributed by atoms with Gasteiger partial charge < -0.3 is 14.6 Å². The van der Waals surface area contributed by atoms with Crippen LogP contribution in [-0.4, -0.2) is 49.2 Å². The number of hydrogen-bond donors (Lipinski definition) is 1. The normalized spacial score (nSPS) is 16.9. The molecule has 1 saturated heterocycles. The van der Waals surface area contributed by atoms with Crippen molar-refractivity contribution < 1.29 is 9.13 Å². The van der Waals surface area contributed by atoms with E-state index in [0.717, 1.165) is 75.2 Å². The smallest absolute Gasteiger partial charge is 0.123 e. The maximum absolute atomic E-state index is 13.5. The van der Waals surface area contributed by atoms with Gasteiger partial charge in [-0.2, -0.15) is 0 Å². The molecule has 29 heavy (non-hydrogen) atoms. The lowest BCUT2D eigenvalue weighted by atomic mass is 10.1. The maximum atomic E-state index is 13.5. The molecule has 0 spiro atoms. The fourth-order valence-electron chi connectivity index (χ4n) is 4.61. The molecular formula is C24H28FN3O. The number of piperazine rings is 1. The lowest BCUT2D eigenvalue weighted by Gasteiger charge is -2.36. The van der Waals surface area contributed by atoms with Crippen molar-refractivity contribution in [1.29, 1.82) is 0 Å².